The molecule has 0 aliphatic heterocycles. The predicted octanol–water partition coefficient (Wildman–Crippen LogP) is 4.23. The second-order valence-electron chi connectivity index (χ2n) is 5.86. The van der Waals surface area contributed by atoms with E-state index in [1.807, 2.05) is 12.1 Å². The molecule has 0 bridgehead atoms. The van der Waals surface area contributed by atoms with E-state index < -0.39 is 5.97 Å². The zero-order valence-corrected chi connectivity index (χ0v) is 14.1. The van der Waals surface area contributed by atoms with E-state index >= 15 is 0 Å². The molecular weight excluding hydrogens is 320 g/mol. The zero-order chi connectivity index (χ0) is 17.1. The van der Waals surface area contributed by atoms with Gasteiger partial charge in [-0.05, 0) is 31.9 Å². The van der Waals surface area contributed by atoms with E-state index in [1.54, 1.807) is 13.0 Å². The van der Waals surface area contributed by atoms with Crippen molar-refractivity contribution in [2.24, 2.45) is 5.92 Å². The molecular formula is C19H16N2O2S. The van der Waals surface area contributed by atoms with E-state index in [4.69, 9.17) is 5.11 Å². The molecule has 1 N–H and O–H groups in total. The van der Waals surface area contributed by atoms with Crippen molar-refractivity contribution in [3.63, 3.8) is 0 Å². The lowest BCUT2D eigenvalue weighted by molar-refractivity contribution is 0.0701. The summed E-state index contributed by atoms with van der Waals surface area (Å²) in [6.07, 6.45) is 4.75. The van der Waals surface area contributed by atoms with Gasteiger partial charge in [-0.1, -0.05) is 30.7 Å². The summed E-state index contributed by atoms with van der Waals surface area (Å²) in [5, 5.41) is 19.2. The van der Waals surface area contributed by atoms with Crippen LogP contribution in [0.1, 0.15) is 52.2 Å². The highest BCUT2D eigenvalue weighted by molar-refractivity contribution is 7.17. The van der Waals surface area contributed by atoms with Gasteiger partial charge in [0, 0.05) is 17.0 Å². The number of thiazole rings is 1. The van der Waals surface area contributed by atoms with E-state index in [9.17, 15) is 10.1 Å². The van der Waals surface area contributed by atoms with Crippen LogP contribution in [0.5, 0.6) is 0 Å². The highest BCUT2D eigenvalue weighted by atomic mass is 32.1. The molecule has 0 amide bonds. The minimum absolute atomic E-state index is 0.230. The number of aromatic nitrogens is 1. The van der Waals surface area contributed by atoms with Crippen LogP contribution in [0, 0.1) is 36.0 Å². The van der Waals surface area contributed by atoms with Crippen molar-refractivity contribution in [3.05, 3.63) is 39.9 Å². The number of aromatic carboxylic acids is 1. The number of rotatable bonds is 2. The number of carboxylic acid groups (broad SMARTS) is 1. The number of hydrogen-bond donors (Lipinski definition) is 1. The van der Waals surface area contributed by atoms with Crippen molar-refractivity contribution in [2.45, 2.75) is 32.6 Å². The maximum atomic E-state index is 11.2. The summed E-state index contributed by atoms with van der Waals surface area (Å²) in [4.78, 5) is 15.7. The number of hydrogen-bond acceptors (Lipinski definition) is 4. The standard InChI is InChI=1S/C19H16N2O2S/c1-12-17(19(22)23)24-18(21-12)15-9-8-14(16(10-15)11-20)7-6-13-4-2-3-5-13/h8-10,13H,2-5H2,1H3,(H,22,23). The maximum Gasteiger partial charge on any atom is 0.347 e. The van der Waals surface area contributed by atoms with Gasteiger partial charge in [-0.2, -0.15) is 5.26 Å². The summed E-state index contributed by atoms with van der Waals surface area (Å²) in [5.74, 6) is 5.87. The van der Waals surface area contributed by atoms with Crippen molar-refractivity contribution in [1.82, 2.24) is 4.98 Å². The van der Waals surface area contributed by atoms with Crippen LogP contribution >= 0.6 is 11.3 Å². The highest BCUT2D eigenvalue weighted by Crippen LogP contribution is 2.29. The SMILES string of the molecule is Cc1nc(-c2ccc(C#CC3CCCC3)c(C#N)c2)sc1C(=O)O. The Kier molecular flexibility index (Phi) is 4.64. The molecule has 1 fully saturated rings. The lowest BCUT2D eigenvalue weighted by Crippen LogP contribution is -1.94. The Morgan fingerprint density at radius 2 is 2.08 bits per heavy atom. The molecule has 1 heterocycles. The molecule has 0 saturated heterocycles. The van der Waals surface area contributed by atoms with Crippen molar-refractivity contribution in [1.29, 1.82) is 5.26 Å². The van der Waals surface area contributed by atoms with Crippen LogP contribution in [0.15, 0.2) is 18.2 Å². The maximum absolute atomic E-state index is 11.2. The number of nitrogens with zero attached hydrogens (tertiary/aromatic N) is 2. The molecule has 120 valence electrons. The van der Waals surface area contributed by atoms with Crippen LogP contribution in [0.2, 0.25) is 0 Å². The van der Waals surface area contributed by atoms with Gasteiger partial charge in [0.05, 0.1) is 11.3 Å². The van der Waals surface area contributed by atoms with Crippen molar-refractivity contribution in [2.75, 3.05) is 0 Å². The molecule has 1 aliphatic rings. The smallest absolute Gasteiger partial charge is 0.347 e. The number of aryl methyl sites for hydroxylation is 1. The third-order valence-corrected chi connectivity index (χ3v) is 5.34. The monoisotopic (exact) mass is 336 g/mol. The Morgan fingerprint density at radius 3 is 2.71 bits per heavy atom. The third-order valence-electron chi connectivity index (χ3n) is 4.14. The molecule has 0 atom stereocenters. The number of carbonyl (C=O) groups is 1. The number of benzene rings is 1. The largest absolute Gasteiger partial charge is 0.477 e. The van der Waals surface area contributed by atoms with E-state index in [1.165, 1.54) is 12.8 Å². The number of nitriles is 1. The predicted molar refractivity (Wildman–Crippen MR) is 92.8 cm³/mol. The Bertz CT molecular complexity index is 890. The first kappa shape index (κ1) is 16.2. The van der Waals surface area contributed by atoms with Gasteiger partial charge in [0.25, 0.3) is 0 Å². The van der Waals surface area contributed by atoms with Gasteiger partial charge in [0.2, 0.25) is 0 Å². The molecule has 1 aromatic heterocycles. The summed E-state index contributed by atoms with van der Waals surface area (Å²) in [6, 6.07) is 7.60. The molecule has 0 unspecified atom stereocenters. The molecule has 2 aromatic rings. The Hall–Kier alpha value is -2.63. The minimum Gasteiger partial charge on any atom is -0.477 e. The van der Waals surface area contributed by atoms with Gasteiger partial charge in [-0.15, -0.1) is 11.3 Å². The van der Waals surface area contributed by atoms with Crippen molar-refractivity contribution in [3.8, 4) is 28.5 Å². The second-order valence-corrected chi connectivity index (χ2v) is 6.86. The Balaban J connectivity index is 1.93. The molecule has 1 saturated carbocycles. The summed E-state index contributed by atoms with van der Waals surface area (Å²) in [7, 11) is 0. The average Bonchev–Trinajstić information content (AvgIpc) is 3.22. The van der Waals surface area contributed by atoms with Gasteiger partial charge in [-0.25, -0.2) is 9.78 Å². The Morgan fingerprint density at radius 1 is 1.33 bits per heavy atom. The lowest BCUT2D eigenvalue weighted by atomic mass is 10.0. The summed E-state index contributed by atoms with van der Waals surface area (Å²) in [5.41, 5.74) is 2.47. The third kappa shape index (κ3) is 3.32. The quantitative estimate of drug-likeness (QED) is 0.833. The first-order valence-corrected chi connectivity index (χ1v) is 8.67. The molecule has 1 aliphatic carbocycles. The minimum atomic E-state index is -0.976. The summed E-state index contributed by atoms with van der Waals surface area (Å²) in [6.45, 7) is 1.68. The second kappa shape index (κ2) is 6.86. The molecule has 4 nitrogen and oxygen atoms in total. The van der Waals surface area contributed by atoms with Crippen LogP contribution in [0.3, 0.4) is 0 Å². The van der Waals surface area contributed by atoms with Gasteiger partial charge in [0.1, 0.15) is 16.0 Å². The van der Waals surface area contributed by atoms with Crippen LogP contribution in [-0.4, -0.2) is 16.1 Å². The fourth-order valence-corrected chi connectivity index (χ4v) is 3.75. The van der Waals surface area contributed by atoms with Gasteiger partial charge < -0.3 is 5.11 Å². The molecule has 0 spiro atoms. The fourth-order valence-electron chi connectivity index (χ4n) is 2.85. The van der Waals surface area contributed by atoms with E-state index in [-0.39, 0.29) is 4.88 Å². The van der Waals surface area contributed by atoms with E-state index in [2.05, 4.69) is 22.9 Å². The molecule has 3 rings (SSSR count). The first-order chi connectivity index (χ1) is 11.6. The lowest BCUT2D eigenvalue weighted by Gasteiger charge is -2.01. The highest BCUT2D eigenvalue weighted by Gasteiger charge is 2.16. The van der Waals surface area contributed by atoms with E-state index in [0.717, 1.165) is 35.3 Å². The summed E-state index contributed by atoms with van der Waals surface area (Å²) < 4.78 is 0. The average molecular weight is 336 g/mol. The first-order valence-electron chi connectivity index (χ1n) is 7.85. The molecule has 0 radical (unpaired) electrons. The van der Waals surface area contributed by atoms with E-state index in [0.29, 0.717) is 22.2 Å². The fraction of sp³-hybridized carbons (Fsp3) is 0.316. The van der Waals surface area contributed by atoms with Crippen LogP contribution in [0.25, 0.3) is 10.6 Å². The van der Waals surface area contributed by atoms with Gasteiger partial charge in [-0.3, -0.25) is 0 Å². The topological polar surface area (TPSA) is 74.0 Å². The molecule has 5 heteroatoms. The van der Waals surface area contributed by atoms with Gasteiger partial charge in [0.15, 0.2) is 0 Å². The van der Waals surface area contributed by atoms with Crippen LogP contribution < -0.4 is 0 Å². The summed E-state index contributed by atoms with van der Waals surface area (Å²) >= 11 is 1.12. The van der Waals surface area contributed by atoms with Crippen molar-refractivity contribution < 1.29 is 9.90 Å². The molecule has 24 heavy (non-hydrogen) atoms. The number of carboxylic acids is 1. The van der Waals surface area contributed by atoms with Gasteiger partial charge >= 0.3 is 5.97 Å². The normalized spacial score (nSPS) is 14.0. The molecule has 1 aromatic carbocycles. The van der Waals surface area contributed by atoms with Crippen LogP contribution in [0.4, 0.5) is 0 Å². The Labute approximate surface area is 144 Å². The zero-order valence-electron chi connectivity index (χ0n) is 13.3. The van der Waals surface area contributed by atoms with Crippen LogP contribution in [-0.2, 0) is 0 Å². The van der Waals surface area contributed by atoms with Crippen molar-refractivity contribution >= 4 is 17.3 Å².